The second-order valence-corrected chi connectivity index (χ2v) is 6.65. The molecule has 29 heavy (non-hydrogen) atoms. The summed E-state index contributed by atoms with van der Waals surface area (Å²) in [5, 5.41) is 7.17. The van der Waals surface area contributed by atoms with E-state index in [-0.39, 0.29) is 18.0 Å². The number of methoxy groups -OCH3 is 2. The molecule has 7 heteroatoms. The van der Waals surface area contributed by atoms with Gasteiger partial charge in [0.15, 0.2) is 11.5 Å². The van der Waals surface area contributed by atoms with Crippen LogP contribution in [0.25, 0.3) is 11.3 Å². The lowest BCUT2D eigenvalue weighted by Crippen LogP contribution is -2.29. The van der Waals surface area contributed by atoms with Crippen molar-refractivity contribution in [3.63, 3.8) is 0 Å². The molecule has 0 aliphatic rings. The summed E-state index contributed by atoms with van der Waals surface area (Å²) in [5.74, 6) is 0.825. The zero-order valence-electron chi connectivity index (χ0n) is 16.9. The highest BCUT2D eigenvalue weighted by molar-refractivity contribution is 5.91. The Kier molecular flexibility index (Phi) is 5.97. The van der Waals surface area contributed by atoms with Crippen LogP contribution in [-0.4, -0.2) is 29.9 Å². The van der Waals surface area contributed by atoms with Crippen LogP contribution in [0.4, 0.5) is 5.69 Å². The summed E-state index contributed by atoms with van der Waals surface area (Å²) in [5.41, 5.74) is 3.71. The van der Waals surface area contributed by atoms with E-state index >= 15 is 0 Å². The van der Waals surface area contributed by atoms with Gasteiger partial charge >= 0.3 is 0 Å². The number of aromatic nitrogens is 2. The molecule has 7 nitrogen and oxygen atoms in total. The van der Waals surface area contributed by atoms with Gasteiger partial charge in [-0.1, -0.05) is 17.7 Å². The Bertz CT molecular complexity index is 1110. The minimum atomic E-state index is -0.356. The molecule has 1 amide bonds. The van der Waals surface area contributed by atoms with Crippen molar-refractivity contribution in [3.05, 3.63) is 70.0 Å². The number of amides is 1. The van der Waals surface area contributed by atoms with Gasteiger partial charge in [0.2, 0.25) is 5.91 Å². The molecule has 0 spiro atoms. The number of anilines is 1. The molecule has 150 valence electrons. The molecule has 0 radical (unpaired) electrons. The number of carbonyl (C=O) groups excluding carboxylic acids is 1. The minimum absolute atomic E-state index is 0.187. The van der Waals surface area contributed by atoms with Crippen LogP contribution in [0.5, 0.6) is 11.5 Å². The third kappa shape index (κ3) is 4.63. The van der Waals surface area contributed by atoms with E-state index in [0.717, 1.165) is 21.4 Å². The van der Waals surface area contributed by atoms with Gasteiger partial charge in [-0.15, -0.1) is 0 Å². The zero-order chi connectivity index (χ0) is 21.0. The quantitative estimate of drug-likeness (QED) is 0.696. The van der Waals surface area contributed by atoms with E-state index < -0.39 is 0 Å². The standard InChI is InChI=1S/C22H23N3O4/c1-14-5-7-17(15(2)11-14)23-21(26)13-25-22(27)10-8-18(24-25)16-6-9-19(28-3)20(12-16)29-4/h5-12H,13H2,1-4H3,(H,23,26). The summed E-state index contributed by atoms with van der Waals surface area (Å²) in [6, 6.07) is 14.1. The minimum Gasteiger partial charge on any atom is -0.493 e. The van der Waals surface area contributed by atoms with Crippen molar-refractivity contribution < 1.29 is 14.3 Å². The Hall–Kier alpha value is -3.61. The fourth-order valence-corrected chi connectivity index (χ4v) is 2.99. The van der Waals surface area contributed by atoms with Gasteiger partial charge in [0, 0.05) is 17.3 Å². The average Bonchev–Trinajstić information content (AvgIpc) is 2.71. The summed E-state index contributed by atoms with van der Waals surface area (Å²) < 4.78 is 11.7. The monoisotopic (exact) mass is 393 g/mol. The molecule has 1 heterocycles. The maximum atomic E-state index is 12.5. The normalized spacial score (nSPS) is 10.5. The Morgan fingerprint density at radius 3 is 2.45 bits per heavy atom. The highest BCUT2D eigenvalue weighted by Gasteiger charge is 2.11. The third-order valence-electron chi connectivity index (χ3n) is 4.50. The van der Waals surface area contributed by atoms with Crippen LogP contribution >= 0.6 is 0 Å². The van der Waals surface area contributed by atoms with Crippen LogP contribution in [0.1, 0.15) is 11.1 Å². The van der Waals surface area contributed by atoms with Gasteiger partial charge in [-0.25, -0.2) is 4.68 Å². The number of carbonyl (C=O) groups is 1. The van der Waals surface area contributed by atoms with Crippen molar-refractivity contribution in [1.29, 1.82) is 0 Å². The van der Waals surface area contributed by atoms with E-state index in [1.807, 2.05) is 38.1 Å². The van der Waals surface area contributed by atoms with Gasteiger partial charge in [0.05, 0.1) is 19.9 Å². The summed E-state index contributed by atoms with van der Waals surface area (Å²) >= 11 is 0. The lowest BCUT2D eigenvalue weighted by molar-refractivity contribution is -0.117. The van der Waals surface area contributed by atoms with Gasteiger partial charge in [-0.2, -0.15) is 5.10 Å². The lowest BCUT2D eigenvalue weighted by Gasteiger charge is -2.12. The van der Waals surface area contributed by atoms with E-state index in [2.05, 4.69) is 10.4 Å². The fraction of sp³-hybridized carbons (Fsp3) is 0.227. The van der Waals surface area contributed by atoms with E-state index in [0.29, 0.717) is 22.9 Å². The van der Waals surface area contributed by atoms with E-state index in [1.54, 1.807) is 32.4 Å². The molecular formula is C22H23N3O4. The van der Waals surface area contributed by atoms with Crippen molar-refractivity contribution in [2.45, 2.75) is 20.4 Å². The first-order chi connectivity index (χ1) is 13.9. The summed E-state index contributed by atoms with van der Waals surface area (Å²) in [4.78, 5) is 24.7. The lowest BCUT2D eigenvalue weighted by atomic mass is 10.1. The zero-order valence-corrected chi connectivity index (χ0v) is 16.9. The number of hydrogen-bond donors (Lipinski definition) is 1. The maximum Gasteiger partial charge on any atom is 0.267 e. The van der Waals surface area contributed by atoms with Crippen molar-refractivity contribution in [2.75, 3.05) is 19.5 Å². The summed E-state index contributed by atoms with van der Waals surface area (Å²) in [6.45, 7) is 3.72. The third-order valence-corrected chi connectivity index (χ3v) is 4.50. The van der Waals surface area contributed by atoms with Crippen molar-refractivity contribution in [1.82, 2.24) is 9.78 Å². The highest BCUT2D eigenvalue weighted by Crippen LogP contribution is 2.31. The highest BCUT2D eigenvalue weighted by atomic mass is 16.5. The average molecular weight is 393 g/mol. The molecule has 0 aliphatic heterocycles. The molecular weight excluding hydrogens is 370 g/mol. The van der Waals surface area contributed by atoms with Gasteiger partial charge in [-0.3, -0.25) is 9.59 Å². The summed E-state index contributed by atoms with van der Waals surface area (Å²) in [6.07, 6.45) is 0. The van der Waals surface area contributed by atoms with Gasteiger partial charge in [0.1, 0.15) is 6.54 Å². The Morgan fingerprint density at radius 2 is 1.76 bits per heavy atom. The number of hydrogen-bond acceptors (Lipinski definition) is 5. The van der Waals surface area contributed by atoms with Crippen LogP contribution < -0.4 is 20.3 Å². The Morgan fingerprint density at radius 1 is 1.00 bits per heavy atom. The predicted molar refractivity (Wildman–Crippen MR) is 112 cm³/mol. The van der Waals surface area contributed by atoms with Crippen LogP contribution in [0, 0.1) is 13.8 Å². The first-order valence-electron chi connectivity index (χ1n) is 9.09. The van der Waals surface area contributed by atoms with Crippen LogP contribution in [0.15, 0.2) is 53.3 Å². The molecule has 0 unspecified atom stereocenters. The summed E-state index contributed by atoms with van der Waals surface area (Å²) in [7, 11) is 3.11. The molecule has 1 aromatic heterocycles. The Labute approximate surface area is 168 Å². The molecule has 0 fully saturated rings. The molecule has 1 N–H and O–H groups in total. The number of aryl methyl sites for hydroxylation is 2. The maximum absolute atomic E-state index is 12.5. The molecule has 0 aliphatic carbocycles. The number of nitrogens with one attached hydrogen (secondary N) is 1. The van der Waals surface area contributed by atoms with Crippen LogP contribution in [0.3, 0.4) is 0 Å². The molecule has 0 saturated heterocycles. The topological polar surface area (TPSA) is 82.5 Å². The second kappa shape index (κ2) is 8.60. The van der Waals surface area contributed by atoms with E-state index in [1.165, 1.54) is 6.07 Å². The molecule has 2 aromatic carbocycles. The van der Waals surface area contributed by atoms with Crippen LogP contribution in [-0.2, 0) is 11.3 Å². The first kappa shape index (κ1) is 20.1. The molecule has 3 rings (SSSR count). The molecule has 0 saturated carbocycles. The largest absolute Gasteiger partial charge is 0.493 e. The van der Waals surface area contributed by atoms with Crippen molar-refractivity contribution in [3.8, 4) is 22.8 Å². The number of rotatable bonds is 6. The second-order valence-electron chi connectivity index (χ2n) is 6.65. The molecule has 3 aromatic rings. The number of ether oxygens (including phenoxy) is 2. The van der Waals surface area contributed by atoms with E-state index in [4.69, 9.17) is 9.47 Å². The van der Waals surface area contributed by atoms with Gasteiger partial charge in [0.25, 0.3) is 5.56 Å². The van der Waals surface area contributed by atoms with Crippen molar-refractivity contribution in [2.24, 2.45) is 0 Å². The smallest absolute Gasteiger partial charge is 0.267 e. The molecule has 0 bridgehead atoms. The predicted octanol–water partition coefficient (Wildman–Crippen LogP) is 3.18. The fourth-order valence-electron chi connectivity index (χ4n) is 2.99. The SMILES string of the molecule is COc1ccc(-c2ccc(=O)n(CC(=O)Nc3ccc(C)cc3C)n2)cc1OC. The Balaban J connectivity index is 1.84. The molecule has 0 atom stereocenters. The van der Waals surface area contributed by atoms with Crippen molar-refractivity contribution >= 4 is 11.6 Å². The van der Waals surface area contributed by atoms with E-state index in [9.17, 15) is 9.59 Å². The van der Waals surface area contributed by atoms with Crippen LogP contribution in [0.2, 0.25) is 0 Å². The number of benzene rings is 2. The first-order valence-corrected chi connectivity index (χ1v) is 9.09. The van der Waals surface area contributed by atoms with Gasteiger partial charge in [-0.05, 0) is 49.7 Å². The van der Waals surface area contributed by atoms with Gasteiger partial charge < -0.3 is 14.8 Å². The number of nitrogens with zero attached hydrogens (tertiary/aromatic N) is 2.